The van der Waals surface area contributed by atoms with E-state index >= 15 is 0 Å². The lowest BCUT2D eigenvalue weighted by atomic mass is 9.63. The molecule has 0 aromatic heterocycles. The van der Waals surface area contributed by atoms with E-state index in [-0.39, 0.29) is 23.2 Å². The second kappa shape index (κ2) is 6.96. The minimum Gasteiger partial charge on any atom is -0.466 e. The second-order valence-electron chi connectivity index (χ2n) is 7.88. The van der Waals surface area contributed by atoms with Crippen molar-refractivity contribution in [2.75, 3.05) is 6.61 Å². The van der Waals surface area contributed by atoms with Crippen LogP contribution in [0.3, 0.4) is 0 Å². The molecule has 1 aliphatic rings. The Labute approximate surface area is 144 Å². The van der Waals surface area contributed by atoms with Gasteiger partial charge >= 0.3 is 5.97 Å². The molecule has 0 heterocycles. The topological polar surface area (TPSA) is 58.9 Å². The molecule has 1 N–H and O–H groups in total. The monoisotopic (exact) mass is 331 g/mol. The van der Waals surface area contributed by atoms with E-state index in [1.807, 2.05) is 6.07 Å². The Morgan fingerprint density at radius 2 is 1.75 bits per heavy atom. The fraction of sp³-hybridized carbons (Fsp3) is 0.600. The first-order valence-corrected chi connectivity index (χ1v) is 8.73. The Hall–Kier alpha value is -1.84. The van der Waals surface area contributed by atoms with Crippen molar-refractivity contribution in [3.05, 3.63) is 34.9 Å². The molecule has 0 aliphatic heterocycles. The maximum absolute atomic E-state index is 11.6. The summed E-state index contributed by atoms with van der Waals surface area (Å²) in [5.74, 6) is -0.266. The molecule has 1 aromatic carbocycles. The van der Waals surface area contributed by atoms with Gasteiger partial charge in [-0.05, 0) is 53.4 Å². The van der Waals surface area contributed by atoms with Gasteiger partial charge in [0.05, 0.1) is 18.7 Å². The van der Waals surface area contributed by atoms with Crippen LogP contribution in [0.5, 0.6) is 0 Å². The summed E-state index contributed by atoms with van der Waals surface area (Å²) in [5.41, 5.74) is 4.35. The Morgan fingerprint density at radius 3 is 2.33 bits per heavy atom. The molecule has 4 nitrogen and oxygen atoms in total. The van der Waals surface area contributed by atoms with Crippen LogP contribution in [-0.2, 0) is 20.4 Å². The predicted octanol–water partition coefficient (Wildman–Crippen LogP) is 4.56. The number of carbonyl (C=O) groups is 1. The summed E-state index contributed by atoms with van der Waals surface area (Å²) in [4.78, 5) is 11.6. The van der Waals surface area contributed by atoms with Crippen LogP contribution in [0.1, 0.15) is 77.0 Å². The molecular weight excluding hydrogens is 302 g/mol. The van der Waals surface area contributed by atoms with Crippen LogP contribution in [0.25, 0.3) is 0 Å². The van der Waals surface area contributed by atoms with E-state index in [4.69, 9.17) is 4.74 Å². The maximum atomic E-state index is 11.6. The highest BCUT2D eigenvalue weighted by Gasteiger charge is 2.37. The predicted molar refractivity (Wildman–Crippen MR) is 95.9 cm³/mol. The van der Waals surface area contributed by atoms with Crippen LogP contribution in [0, 0.1) is 0 Å². The van der Waals surface area contributed by atoms with E-state index < -0.39 is 0 Å². The van der Waals surface area contributed by atoms with Crippen molar-refractivity contribution in [2.24, 2.45) is 5.16 Å². The van der Waals surface area contributed by atoms with Crippen molar-refractivity contribution < 1.29 is 14.7 Å². The summed E-state index contributed by atoms with van der Waals surface area (Å²) in [6.07, 6.45) is 2.89. The maximum Gasteiger partial charge on any atom is 0.306 e. The zero-order valence-corrected chi connectivity index (χ0v) is 15.5. The lowest BCUT2D eigenvalue weighted by Gasteiger charge is -2.42. The summed E-state index contributed by atoms with van der Waals surface area (Å²) in [6.45, 7) is 11.2. The molecule has 0 atom stereocenters. The van der Waals surface area contributed by atoms with Crippen molar-refractivity contribution >= 4 is 11.7 Å². The molecular formula is C20H29NO3. The number of hydrogen-bond acceptors (Lipinski definition) is 4. The average Bonchev–Trinajstić information content (AvgIpc) is 2.53. The van der Waals surface area contributed by atoms with Crippen molar-refractivity contribution in [1.29, 1.82) is 0 Å². The van der Waals surface area contributed by atoms with Crippen LogP contribution in [0.15, 0.2) is 23.4 Å². The van der Waals surface area contributed by atoms with E-state index in [2.05, 4.69) is 45.0 Å². The SMILES string of the molecule is CCOC(=O)CC/C(=N\O)c1ccc2c(c1)C(C)(C)CCC2(C)C. The van der Waals surface area contributed by atoms with Gasteiger partial charge in [-0.1, -0.05) is 45.0 Å². The second-order valence-corrected chi connectivity index (χ2v) is 7.88. The standard InChI is InChI=1S/C20H29NO3/c1-6-24-18(22)10-9-17(21-23)14-7-8-15-16(13-14)20(4,5)12-11-19(15,2)3/h7-8,13,23H,6,9-12H2,1-5H3/b21-17+. The molecule has 1 aliphatic carbocycles. The van der Waals surface area contributed by atoms with Crippen molar-refractivity contribution in [1.82, 2.24) is 0 Å². The molecule has 2 rings (SSSR count). The third-order valence-corrected chi connectivity index (χ3v) is 5.18. The molecule has 24 heavy (non-hydrogen) atoms. The smallest absolute Gasteiger partial charge is 0.306 e. The molecule has 0 amide bonds. The largest absolute Gasteiger partial charge is 0.466 e. The molecule has 0 unspecified atom stereocenters. The minimum atomic E-state index is -0.266. The zero-order chi connectivity index (χ0) is 18.0. The van der Waals surface area contributed by atoms with Gasteiger partial charge in [-0.15, -0.1) is 0 Å². The number of fused-ring (bicyclic) bond motifs is 1. The van der Waals surface area contributed by atoms with Crippen LogP contribution in [0.4, 0.5) is 0 Å². The van der Waals surface area contributed by atoms with Crippen LogP contribution >= 0.6 is 0 Å². The first-order chi connectivity index (χ1) is 11.2. The number of nitrogens with zero attached hydrogens (tertiary/aromatic N) is 1. The lowest BCUT2D eigenvalue weighted by molar-refractivity contribution is -0.142. The highest BCUT2D eigenvalue weighted by Crippen LogP contribution is 2.45. The van der Waals surface area contributed by atoms with E-state index in [1.54, 1.807) is 6.92 Å². The Balaban J connectivity index is 2.30. The summed E-state index contributed by atoms with van der Waals surface area (Å²) >= 11 is 0. The average molecular weight is 331 g/mol. The summed E-state index contributed by atoms with van der Waals surface area (Å²) in [5, 5.41) is 12.8. The molecule has 0 saturated heterocycles. The van der Waals surface area contributed by atoms with E-state index in [0.717, 1.165) is 18.4 Å². The number of benzene rings is 1. The highest BCUT2D eigenvalue weighted by atomic mass is 16.5. The van der Waals surface area contributed by atoms with Crippen LogP contribution < -0.4 is 0 Å². The molecule has 132 valence electrons. The van der Waals surface area contributed by atoms with Crippen LogP contribution in [-0.4, -0.2) is 23.5 Å². The molecule has 0 fully saturated rings. The third-order valence-electron chi connectivity index (χ3n) is 5.18. The first-order valence-electron chi connectivity index (χ1n) is 8.73. The quantitative estimate of drug-likeness (QED) is 0.372. The number of rotatable bonds is 5. The van der Waals surface area contributed by atoms with Gasteiger partial charge < -0.3 is 9.94 Å². The highest BCUT2D eigenvalue weighted by molar-refractivity contribution is 6.01. The van der Waals surface area contributed by atoms with Gasteiger partial charge in [0.2, 0.25) is 0 Å². The number of oxime groups is 1. The Bertz CT molecular complexity index is 644. The summed E-state index contributed by atoms with van der Waals surface area (Å²) in [7, 11) is 0. The Morgan fingerprint density at radius 1 is 1.12 bits per heavy atom. The molecule has 4 heteroatoms. The van der Waals surface area contributed by atoms with Gasteiger partial charge in [0.1, 0.15) is 0 Å². The molecule has 0 bridgehead atoms. The normalized spacial score (nSPS) is 18.8. The van der Waals surface area contributed by atoms with Crippen molar-refractivity contribution in [2.45, 2.75) is 71.1 Å². The zero-order valence-electron chi connectivity index (χ0n) is 15.5. The molecule has 0 radical (unpaired) electrons. The van der Waals surface area contributed by atoms with Gasteiger partial charge in [0.15, 0.2) is 0 Å². The molecule has 0 spiro atoms. The number of carbonyl (C=O) groups excluding carboxylic acids is 1. The van der Waals surface area contributed by atoms with Gasteiger partial charge in [0, 0.05) is 6.42 Å². The molecule has 1 aromatic rings. The van der Waals surface area contributed by atoms with E-state index in [9.17, 15) is 10.0 Å². The van der Waals surface area contributed by atoms with Gasteiger partial charge in [-0.3, -0.25) is 4.79 Å². The third kappa shape index (κ3) is 3.80. The fourth-order valence-electron chi connectivity index (χ4n) is 3.47. The first kappa shape index (κ1) is 18.5. The number of hydrogen-bond donors (Lipinski definition) is 1. The van der Waals surface area contributed by atoms with Gasteiger partial charge in [-0.2, -0.15) is 0 Å². The summed E-state index contributed by atoms with van der Waals surface area (Å²) in [6, 6.07) is 6.29. The number of ether oxygens (including phenoxy) is 1. The van der Waals surface area contributed by atoms with E-state index in [0.29, 0.717) is 18.7 Å². The Kier molecular flexibility index (Phi) is 5.36. The van der Waals surface area contributed by atoms with Gasteiger partial charge in [0.25, 0.3) is 0 Å². The molecule has 0 saturated carbocycles. The van der Waals surface area contributed by atoms with Crippen molar-refractivity contribution in [3.8, 4) is 0 Å². The van der Waals surface area contributed by atoms with Crippen molar-refractivity contribution in [3.63, 3.8) is 0 Å². The fourth-order valence-corrected chi connectivity index (χ4v) is 3.47. The lowest BCUT2D eigenvalue weighted by Crippen LogP contribution is -2.34. The van der Waals surface area contributed by atoms with Crippen LogP contribution in [0.2, 0.25) is 0 Å². The summed E-state index contributed by atoms with van der Waals surface area (Å²) < 4.78 is 4.95. The minimum absolute atomic E-state index is 0.0998. The number of esters is 1. The van der Waals surface area contributed by atoms with Gasteiger partial charge in [-0.25, -0.2) is 0 Å². The van der Waals surface area contributed by atoms with E-state index in [1.165, 1.54) is 11.1 Å².